The fourth-order valence-corrected chi connectivity index (χ4v) is 3.00. The number of benzene rings is 2. The third kappa shape index (κ3) is 2.66. The fraction of sp³-hybridized carbons (Fsp3) is 0.316. The minimum absolute atomic E-state index is 0.438. The summed E-state index contributed by atoms with van der Waals surface area (Å²) in [6.07, 6.45) is -1.08. The number of rotatable bonds is 4. The molecule has 0 radical (unpaired) electrons. The second-order valence-electron chi connectivity index (χ2n) is 6.52. The zero-order chi connectivity index (χ0) is 17.5. The molecule has 3 aromatic rings. The minimum atomic E-state index is -1.51. The summed E-state index contributed by atoms with van der Waals surface area (Å²) in [5.74, 6) is 0.438. The van der Waals surface area contributed by atoms with Gasteiger partial charge in [-0.2, -0.15) is 0 Å². The largest absolute Gasteiger partial charge is 0.385 e. The topological polar surface area (TPSA) is 61.5 Å². The zero-order valence-corrected chi connectivity index (χ0v) is 14.4. The molecule has 0 saturated heterocycles. The van der Waals surface area contributed by atoms with Crippen LogP contribution in [0.3, 0.4) is 0 Å². The van der Waals surface area contributed by atoms with Crippen molar-refractivity contribution in [2.24, 2.45) is 7.05 Å². The predicted molar refractivity (Wildman–Crippen MR) is 96.0 cm³/mol. The van der Waals surface area contributed by atoms with Gasteiger partial charge in [0.15, 0.2) is 0 Å². The quantitative estimate of drug-likeness (QED) is 0.774. The lowest BCUT2D eigenvalue weighted by Gasteiger charge is -2.29. The van der Waals surface area contributed by atoms with Gasteiger partial charge >= 0.3 is 0 Å². The van der Waals surface area contributed by atoms with Crippen molar-refractivity contribution < 1.29 is 10.2 Å². The normalized spacial score (nSPS) is 15.2. The fourth-order valence-electron chi connectivity index (χ4n) is 3.00. The number of para-hydroxylation sites is 2. The summed E-state index contributed by atoms with van der Waals surface area (Å²) >= 11 is 0. The van der Waals surface area contributed by atoms with Crippen LogP contribution in [0.1, 0.15) is 24.4 Å². The van der Waals surface area contributed by atoms with E-state index in [4.69, 9.17) is 0 Å². The van der Waals surface area contributed by atoms with Gasteiger partial charge in [0.1, 0.15) is 17.5 Å². The van der Waals surface area contributed by atoms with E-state index in [0.717, 1.165) is 16.7 Å². The Kier molecular flexibility index (Phi) is 4.07. The van der Waals surface area contributed by atoms with Gasteiger partial charge in [-0.15, -0.1) is 0 Å². The highest BCUT2D eigenvalue weighted by Gasteiger charge is 2.37. The van der Waals surface area contributed by atoms with Crippen molar-refractivity contribution in [2.45, 2.75) is 18.6 Å². The Bertz CT molecular complexity index is 851. The SMILES string of the molecule is CN(C)c1ccc([C@H](O)[C@@](C)(O)c2nc3ccccc3n2C)cc1. The molecule has 126 valence electrons. The molecule has 2 aromatic carbocycles. The molecule has 0 amide bonds. The van der Waals surface area contributed by atoms with E-state index in [9.17, 15) is 10.2 Å². The molecule has 1 aromatic heterocycles. The highest BCUT2D eigenvalue weighted by molar-refractivity contribution is 5.76. The summed E-state index contributed by atoms with van der Waals surface area (Å²) in [5.41, 5.74) is 1.90. The van der Waals surface area contributed by atoms with Crippen molar-refractivity contribution >= 4 is 16.7 Å². The van der Waals surface area contributed by atoms with Gasteiger partial charge in [0.2, 0.25) is 0 Å². The summed E-state index contributed by atoms with van der Waals surface area (Å²) in [6.45, 7) is 1.60. The maximum Gasteiger partial charge on any atom is 0.149 e. The van der Waals surface area contributed by atoms with Crippen LogP contribution in [-0.4, -0.2) is 33.9 Å². The second kappa shape index (κ2) is 5.92. The van der Waals surface area contributed by atoms with Gasteiger partial charge in [0, 0.05) is 26.8 Å². The highest BCUT2D eigenvalue weighted by Crippen LogP contribution is 2.35. The lowest BCUT2D eigenvalue weighted by atomic mass is 9.92. The molecule has 0 saturated carbocycles. The smallest absolute Gasteiger partial charge is 0.149 e. The van der Waals surface area contributed by atoms with Crippen molar-refractivity contribution in [1.29, 1.82) is 0 Å². The molecule has 0 aliphatic heterocycles. The molecule has 0 fully saturated rings. The number of anilines is 1. The third-order valence-corrected chi connectivity index (χ3v) is 4.50. The Morgan fingerprint density at radius 2 is 1.71 bits per heavy atom. The summed E-state index contributed by atoms with van der Waals surface area (Å²) in [7, 11) is 5.77. The standard InChI is InChI=1S/C19H23N3O2/c1-19(24,17(23)13-9-11-14(12-10-13)21(2)3)18-20-15-7-5-6-8-16(15)22(18)4/h5-12,17,23-24H,1-4H3/t17-,19+/m0/s1. The number of hydrogen-bond acceptors (Lipinski definition) is 4. The molecule has 1 heterocycles. The second-order valence-corrected chi connectivity index (χ2v) is 6.52. The Hall–Kier alpha value is -2.37. The molecular formula is C19H23N3O2. The monoisotopic (exact) mass is 325 g/mol. The molecule has 5 heteroatoms. The summed E-state index contributed by atoms with van der Waals surface area (Å²) in [5, 5.41) is 21.8. The molecule has 2 atom stereocenters. The van der Waals surface area contributed by atoms with Crippen LogP contribution in [0.25, 0.3) is 11.0 Å². The molecule has 0 aliphatic rings. The zero-order valence-electron chi connectivity index (χ0n) is 14.4. The van der Waals surface area contributed by atoms with E-state index in [1.807, 2.05) is 79.1 Å². The number of nitrogens with zero attached hydrogens (tertiary/aromatic N) is 3. The van der Waals surface area contributed by atoms with Crippen LogP contribution < -0.4 is 4.90 Å². The predicted octanol–water partition coefficient (Wildman–Crippen LogP) is 2.58. The highest BCUT2D eigenvalue weighted by atomic mass is 16.3. The van der Waals surface area contributed by atoms with Crippen LogP contribution in [0.15, 0.2) is 48.5 Å². The summed E-state index contributed by atoms with van der Waals surface area (Å²) in [6, 6.07) is 15.2. The molecular weight excluding hydrogens is 302 g/mol. The lowest BCUT2D eigenvalue weighted by Crippen LogP contribution is -2.33. The molecule has 0 bridgehead atoms. The van der Waals surface area contributed by atoms with Crippen molar-refractivity contribution in [3.05, 3.63) is 59.9 Å². The van der Waals surface area contributed by atoms with Crippen LogP contribution in [0.4, 0.5) is 5.69 Å². The van der Waals surface area contributed by atoms with Crippen molar-refractivity contribution in [3.8, 4) is 0 Å². The van der Waals surface area contributed by atoms with E-state index in [1.165, 1.54) is 0 Å². The van der Waals surface area contributed by atoms with Crippen molar-refractivity contribution in [3.63, 3.8) is 0 Å². The first-order valence-electron chi connectivity index (χ1n) is 7.92. The van der Waals surface area contributed by atoms with E-state index < -0.39 is 11.7 Å². The number of aryl methyl sites for hydroxylation is 1. The number of imidazole rings is 1. The van der Waals surface area contributed by atoms with Gasteiger partial charge < -0.3 is 19.7 Å². The Morgan fingerprint density at radius 3 is 2.29 bits per heavy atom. The lowest BCUT2D eigenvalue weighted by molar-refractivity contribution is -0.0764. The van der Waals surface area contributed by atoms with E-state index in [0.29, 0.717) is 11.4 Å². The molecule has 5 nitrogen and oxygen atoms in total. The van der Waals surface area contributed by atoms with Crippen molar-refractivity contribution in [2.75, 3.05) is 19.0 Å². The van der Waals surface area contributed by atoms with Crippen LogP contribution in [0.2, 0.25) is 0 Å². The molecule has 0 aliphatic carbocycles. The summed E-state index contributed by atoms with van der Waals surface area (Å²) in [4.78, 5) is 6.51. The number of hydrogen-bond donors (Lipinski definition) is 2. The third-order valence-electron chi connectivity index (χ3n) is 4.50. The van der Waals surface area contributed by atoms with E-state index in [1.54, 1.807) is 6.92 Å². The van der Waals surface area contributed by atoms with Gasteiger partial charge in [0.05, 0.1) is 11.0 Å². The average molecular weight is 325 g/mol. The first-order valence-corrected chi connectivity index (χ1v) is 7.92. The average Bonchev–Trinajstić information content (AvgIpc) is 2.92. The number of aliphatic hydroxyl groups is 2. The number of aromatic nitrogens is 2. The van der Waals surface area contributed by atoms with Gasteiger partial charge in [-0.05, 0) is 36.8 Å². The molecule has 24 heavy (non-hydrogen) atoms. The number of aliphatic hydroxyl groups excluding tert-OH is 1. The Balaban J connectivity index is 2.00. The minimum Gasteiger partial charge on any atom is -0.385 e. The summed E-state index contributed by atoms with van der Waals surface area (Å²) < 4.78 is 1.83. The van der Waals surface area contributed by atoms with E-state index in [2.05, 4.69) is 4.98 Å². The van der Waals surface area contributed by atoms with Crippen LogP contribution in [0, 0.1) is 0 Å². The molecule has 0 spiro atoms. The van der Waals surface area contributed by atoms with Gasteiger partial charge in [-0.3, -0.25) is 0 Å². The maximum atomic E-state index is 11.0. The van der Waals surface area contributed by atoms with Gasteiger partial charge in [0.25, 0.3) is 0 Å². The van der Waals surface area contributed by atoms with E-state index in [-0.39, 0.29) is 0 Å². The van der Waals surface area contributed by atoms with Crippen molar-refractivity contribution in [1.82, 2.24) is 9.55 Å². The Morgan fingerprint density at radius 1 is 1.08 bits per heavy atom. The van der Waals surface area contributed by atoms with Crippen LogP contribution in [0.5, 0.6) is 0 Å². The maximum absolute atomic E-state index is 11.0. The van der Waals surface area contributed by atoms with Gasteiger partial charge in [-0.25, -0.2) is 4.98 Å². The number of fused-ring (bicyclic) bond motifs is 1. The first-order chi connectivity index (χ1) is 11.3. The first kappa shape index (κ1) is 16.5. The molecule has 2 N–H and O–H groups in total. The van der Waals surface area contributed by atoms with Crippen LogP contribution in [-0.2, 0) is 12.6 Å². The molecule has 0 unspecified atom stereocenters. The van der Waals surface area contributed by atoms with E-state index >= 15 is 0 Å². The molecule has 3 rings (SSSR count). The van der Waals surface area contributed by atoms with Gasteiger partial charge in [-0.1, -0.05) is 24.3 Å². The van der Waals surface area contributed by atoms with Crippen LogP contribution >= 0.6 is 0 Å². The Labute approximate surface area is 141 Å².